The maximum absolute atomic E-state index is 14.3. The van der Waals surface area contributed by atoms with Crippen molar-refractivity contribution >= 4 is 42.5 Å². The minimum absolute atomic E-state index is 0.0722. The van der Waals surface area contributed by atoms with Gasteiger partial charge in [0.2, 0.25) is 5.91 Å². The van der Waals surface area contributed by atoms with Crippen LogP contribution in [0.2, 0.25) is 18.6 Å². The van der Waals surface area contributed by atoms with E-state index in [-0.39, 0.29) is 42.3 Å². The molecule has 0 unspecified atom stereocenters. The fraction of sp³-hybridized carbons (Fsp3) is 0.417. The minimum atomic E-state index is -2.47. The van der Waals surface area contributed by atoms with E-state index in [1.165, 1.54) is 5.19 Å². The van der Waals surface area contributed by atoms with Gasteiger partial charge in [-0.2, -0.15) is 0 Å². The van der Waals surface area contributed by atoms with Crippen LogP contribution in [0.1, 0.15) is 30.0 Å². The van der Waals surface area contributed by atoms with Crippen LogP contribution in [0.5, 0.6) is 5.75 Å². The quantitative estimate of drug-likeness (QED) is 0.368. The molecule has 2 N–H and O–H groups in total. The van der Waals surface area contributed by atoms with Gasteiger partial charge in [-0.25, -0.2) is 4.79 Å². The predicted molar refractivity (Wildman–Crippen MR) is 180 cm³/mol. The molecule has 3 aromatic carbocycles. The van der Waals surface area contributed by atoms with Crippen molar-refractivity contribution in [2.75, 3.05) is 37.1 Å². The first-order chi connectivity index (χ1) is 22.6. The summed E-state index contributed by atoms with van der Waals surface area (Å²) in [4.78, 5) is 44.3. The molecule has 11 heteroatoms. The van der Waals surface area contributed by atoms with Crippen LogP contribution in [0.25, 0.3) is 0 Å². The fourth-order valence-electron chi connectivity index (χ4n) is 8.45. The number of carbonyl (C=O) groups excluding carboxylic acids is 3. The molecule has 1 spiro atoms. The van der Waals surface area contributed by atoms with Gasteiger partial charge in [0.25, 0.3) is 5.91 Å². The molecule has 2 fully saturated rings. The average molecular weight is 656 g/mol. The number of rotatable bonds is 7. The van der Waals surface area contributed by atoms with E-state index in [4.69, 9.17) is 14.2 Å². The summed E-state index contributed by atoms with van der Waals surface area (Å²) >= 11 is 0. The standard InChI is InChI=1S/C36H41N3O7Si/c1-22-33(47(3,4)28-12-10-27(44-2)11-13-28)31(19-32(41)39-20-24-8-6-5-7-23(24)17-26(39)21-40)46-36(22)29-18-25(38-15-16-45-35(38)43)9-14-30(29)37-34(36)42/h5-14,18,22,26,31,33,40H,15-17,19-21H2,1-4H3,(H,37,42)/t22-,26+,31+,33-,36+/m1/s1. The molecular formula is C36H41N3O7Si. The second-order valence-corrected chi connectivity index (χ2v) is 18.3. The molecular weight excluding hydrogens is 614 g/mol. The zero-order chi connectivity index (χ0) is 33.1. The van der Waals surface area contributed by atoms with Gasteiger partial charge in [0.1, 0.15) is 12.4 Å². The van der Waals surface area contributed by atoms with Gasteiger partial charge in [0.15, 0.2) is 5.60 Å². The first-order valence-corrected chi connectivity index (χ1v) is 19.4. The van der Waals surface area contributed by atoms with Crippen molar-refractivity contribution in [3.8, 4) is 5.75 Å². The number of aliphatic hydroxyl groups is 1. The van der Waals surface area contributed by atoms with E-state index in [1.807, 2.05) is 48.5 Å². The van der Waals surface area contributed by atoms with E-state index in [1.54, 1.807) is 16.9 Å². The number of anilines is 2. The molecule has 47 heavy (non-hydrogen) atoms. The fourth-order valence-corrected chi connectivity index (χ4v) is 12.5. The number of hydrogen-bond donors (Lipinski definition) is 2. The first kappa shape index (κ1) is 31.4. The molecule has 0 aromatic heterocycles. The van der Waals surface area contributed by atoms with Crippen LogP contribution in [0.15, 0.2) is 66.7 Å². The maximum atomic E-state index is 14.3. The van der Waals surface area contributed by atoms with Crippen molar-refractivity contribution in [1.82, 2.24) is 4.90 Å². The number of carbonyl (C=O) groups is 3. The van der Waals surface area contributed by atoms with E-state index in [0.29, 0.717) is 43.1 Å². The Morgan fingerprint density at radius 3 is 2.51 bits per heavy atom. The lowest BCUT2D eigenvalue weighted by Gasteiger charge is -2.39. The van der Waals surface area contributed by atoms with Gasteiger partial charge in [-0.3, -0.25) is 14.5 Å². The monoisotopic (exact) mass is 655 g/mol. The lowest BCUT2D eigenvalue weighted by molar-refractivity contribution is -0.149. The second kappa shape index (κ2) is 11.8. The van der Waals surface area contributed by atoms with Crippen molar-refractivity contribution < 1.29 is 33.7 Å². The number of aliphatic hydroxyl groups excluding tert-OH is 1. The second-order valence-electron chi connectivity index (χ2n) is 13.6. The maximum Gasteiger partial charge on any atom is 0.414 e. The number of fused-ring (bicyclic) bond motifs is 3. The molecule has 3 aromatic rings. The molecule has 5 atom stereocenters. The van der Waals surface area contributed by atoms with Crippen LogP contribution in [-0.2, 0) is 37.6 Å². The van der Waals surface area contributed by atoms with Crippen LogP contribution < -0.4 is 20.1 Å². The third-order valence-corrected chi connectivity index (χ3v) is 15.3. The van der Waals surface area contributed by atoms with Gasteiger partial charge >= 0.3 is 6.09 Å². The van der Waals surface area contributed by atoms with Gasteiger partial charge in [0.05, 0.1) is 46.9 Å². The zero-order valence-corrected chi connectivity index (χ0v) is 28.2. The van der Waals surface area contributed by atoms with Gasteiger partial charge < -0.3 is 29.5 Å². The van der Waals surface area contributed by atoms with Gasteiger partial charge in [0, 0.05) is 29.4 Å². The van der Waals surface area contributed by atoms with Gasteiger partial charge in [-0.05, 0) is 53.4 Å². The summed E-state index contributed by atoms with van der Waals surface area (Å²) in [5.41, 5.74) is 2.67. The number of nitrogens with one attached hydrogen (secondary N) is 1. The van der Waals surface area contributed by atoms with E-state index in [2.05, 4.69) is 43.5 Å². The molecule has 4 aliphatic rings. The Labute approximate surface area is 275 Å². The topological polar surface area (TPSA) is 118 Å². The molecule has 0 bridgehead atoms. The molecule has 10 nitrogen and oxygen atoms in total. The van der Waals surface area contributed by atoms with Gasteiger partial charge in [-0.1, -0.05) is 61.6 Å². The lowest BCUT2D eigenvalue weighted by atomic mass is 9.82. The smallest absolute Gasteiger partial charge is 0.414 e. The molecule has 0 radical (unpaired) electrons. The van der Waals surface area contributed by atoms with Crippen molar-refractivity contribution in [2.45, 2.75) is 62.7 Å². The highest BCUT2D eigenvalue weighted by atomic mass is 28.3. The van der Waals surface area contributed by atoms with Crippen LogP contribution in [0, 0.1) is 5.92 Å². The number of ether oxygens (including phenoxy) is 3. The number of benzene rings is 3. The Morgan fingerprint density at radius 2 is 1.83 bits per heavy atom. The molecule has 4 heterocycles. The first-order valence-electron chi connectivity index (χ1n) is 16.3. The van der Waals surface area contributed by atoms with E-state index >= 15 is 0 Å². The third kappa shape index (κ3) is 5.03. The van der Waals surface area contributed by atoms with Crippen LogP contribution >= 0.6 is 0 Å². The molecule has 0 saturated carbocycles. The zero-order valence-electron chi connectivity index (χ0n) is 27.2. The number of methoxy groups -OCH3 is 1. The molecule has 3 amide bonds. The molecule has 0 aliphatic carbocycles. The Kier molecular flexibility index (Phi) is 7.89. The summed E-state index contributed by atoms with van der Waals surface area (Å²) < 4.78 is 17.7. The summed E-state index contributed by atoms with van der Waals surface area (Å²) in [5, 5.41) is 14.6. The van der Waals surface area contributed by atoms with Crippen molar-refractivity contribution in [3.05, 3.63) is 83.4 Å². The largest absolute Gasteiger partial charge is 0.497 e. The summed E-state index contributed by atoms with van der Waals surface area (Å²) in [5.74, 6) is 0.0852. The Hall–Kier alpha value is -4.19. The highest BCUT2D eigenvalue weighted by Gasteiger charge is 2.65. The lowest BCUT2D eigenvalue weighted by Crippen LogP contribution is -2.52. The van der Waals surface area contributed by atoms with E-state index in [0.717, 1.165) is 16.9 Å². The van der Waals surface area contributed by atoms with Gasteiger partial charge in [-0.15, -0.1) is 0 Å². The number of nitrogens with zero attached hydrogens (tertiary/aromatic N) is 2. The predicted octanol–water partition coefficient (Wildman–Crippen LogP) is 4.16. The average Bonchev–Trinajstić information content (AvgIpc) is 3.73. The number of hydrogen-bond acceptors (Lipinski definition) is 7. The number of amides is 3. The number of cyclic esters (lactones) is 1. The highest BCUT2D eigenvalue weighted by molar-refractivity contribution is 6.91. The Balaban J connectivity index is 1.28. The summed E-state index contributed by atoms with van der Waals surface area (Å²) in [6.07, 6.45) is -0.345. The van der Waals surface area contributed by atoms with Crippen molar-refractivity contribution in [1.29, 1.82) is 0 Å². The summed E-state index contributed by atoms with van der Waals surface area (Å²) in [7, 11) is -0.828. The third-order valence-electron chi connectivity index (χ3n) is 10.9. The highest BCUT2D eigenvalue weighted by Crippen LogP contribution is 2.59. The molecule has 246 valence electrons. The summed E-state index contributed by atoms with van der Waals surface area (Å²) in [6, 6.07) is 21.3. The SMILES string of the molecule is COc1ccc([Si](C)(C)[C@H]2[C@H](CC(=O)N3Cc4ccccc4C[C@H]3CO)O[C@@]3(C(=O)Nc4ccc(N5CCOC5=O)cc43)[C@@H]2C)cc1. The van der Waals surface area contributed by atoms with Crippen molar-refractivity contribution in [2.24, 2.45) is 5.92 Å². The molecule has 2 saturated heterocycles. The van der Waals surface area contributed by atoms with Crippen LogP contribution in [-0.4, -0.2) is 75.0 Å². The molecule has 4 aliphatic heterocycles. The van der Waals surface area contributed by atoms with Crippen LogP contribution in [0.3, 0.4) is 0 Å². The molecule has 7 rings (SSSR count). The normalized spacial score (nSPS) is 26.7. The Morgan fingerprint density at radius 1 is 1.09 bits per heavy atom. The van der Waals surface area contributed by atoms with E-state index < -0.39 is 25.9 Å². The van der Waals surface area contributed by atoms with Crippen molar-refractivity contribution in [3.63, 3.8) is 0 Å². The van der Waals surface area contributed by atoms with E-state index in [9.17, 15) is 19.5 Å². The van der Waals surface area contributed by atoms with Crippen LogP contribution in [0.4, 0.5) is 16.2 Å². The Bertz CT molecular complexity index is 1730. The summed E-state index contributed by atoms with van der Waals surface area (Å²) in [6.45, 7) is 7.60. The minimum Gasteiger partial charge on any atom is -0.497 e.